The Morgan fingerprint density at radius 1 is 0.950 bits per heavy atom. The van der Waals surface area contributed by atoms with Crippen molar-refractivity contribution < 1.29 is 0 Å². The fourth-order valence-corrected chi connectivity index (χ4v) is 8.17. The van der Waals surface area contributed by atoms with Crippen molar-refractivity contribution in [3.8, 4) is 0 Å². The van der Waals surface area contributed by atoms with E-state index in [1.54, 1.807) is 7.05 Å². The number of hydrogen-bond donors (Lipinski definition) is 0. The molecule has 20 heavy (non-hydrogen) atoms. The van der Waals surface area contributed by atoms with Gasteiger partial charge in [0.25, 0.3) is 0 Å². The van der Waals surface area contributed by atoms with Crippen LogP contribution in [0, 0.1) is 34.5 Å². The minimum atomic E-state index is -0.0882. The van der Waals surface area contributed by atoms with Crippen LogP contribution in [0.4, 0.5) is 0 Å². The van der Waals surface area contributed by atoms with Crippen molar-refractivity contribution in [3.05, 3.63) is 33.1 Å². The lowest BCUT2D eigenvalue weighted by atomic mass is 9.04. The SMILES string of the molecule is Cn1c(=O)n2n(c1=O)C1C3C4C5C3C13CC=CCC53C42. The maximum absolute atomic E-state index is 12.5. The molecule has 2 spiro atoms. The van der Waals surface area contributed by atoms with Gasteiger partial charge in [-0.15, -0.1) is 0 Å². The summed E-state index contributed by atoms with van der Waals surface area (Å²) < 4.78 is 5.03. The van der Waals surface area contributed by atoms with E-state index in [1.165, 1.54) is 4.57 Å². The molecule has 1 aromatic rings. The Morgan fingerprint density at radius 2 is 1.40 bits per heavy atom. The third kappa shape index (κ3) is 0.462. The lowest BCUT2D eigenvalue weighted by molar-refractivity contribution is -0.551. The van der Waals surface area contributed by atoms with E-state index in [2.05, 4.69) is 12.2 Å². The number of allylic oxidation sites excluding steroid dienone is 2. The molecule has 1 aromatic heterocycles. The summed E-state index contributed by atoms with van der Waals surface area (Å²) in [6.07, 6.45) is 6.92. The Bertz CT molecular complexity index is 818. The summed E-state index contributed by atoms with van der Waals surface area (Å²) >= 11 is 0. The van der Waals surface area contributed by atoms with Crippen molar-refractivity contribution in [2.24, 2.45) is 41.5 Å². The fraction of sp³-hybridized carbons (Fsp3) is 0.733. The molecule has 7 aliphatic rings. The van der Waals surface area contributed by atoms with Crippen molar-refractivity contribution >= 4 is 0 Å². The molecule has 0 saturated heterocycles. The molecule has 5 nitrogen and oxygen atoms in total. The van der Waals surface area contributed by atoms with Gasteiger partial charge in [-0.25, -0.2) is 23.5 Å². The summed E-state index contributed by atoms with van der Waals surface area (Å²) in [5, 5.41) is 0. The van der Waals surface area contributed by atoms with Gasteiger partial charge >= 0.3 is 11.4 Å². The van der Waals surface area contributed by atoms with Gasteiger partial charge in [0.1, 0.15) is 0 Å². The largest absolute Gasteiger partial charge is 0.347 e. The minimum absolute atomic E-state index is 0.0882. The second kappa shape index (κ2) is 2.11. The van der Waals surface area contributed by atoms with Crippen LogP contribution in [-0.2, 0) is 7.05 Å². The highest BCUT2D eigenvalue weighted by atomic mass is 16.2. The van der Waals surface area contributed by atoms with Crippen LogP contribution in [0.1, 0.15) is 24.9 Å². The Balaban J connectivity index is 1.67. The maximum Gasteiger partial charge on any atom is 0.347 e. The molecule has 102 valence electrons. The average Bonchev–Trinajstić information content (AvgIpc) is 2.64. The van der Waals surface area contributed by atoms with Crippen LogP contribution < -0.4 is 11.4 Å². The van der Waals surface area contributed by atoms with Crippen molar-refractivity contribution in [3.63, 3.8) is 0 Å². The summed E-state index contributed by atoms with van der Waals surface area (Å²) in [4.78, 5) is 25.0. The number of rotatable bonds is 0. The Hall–Kier alpha value is -1.52. The Morgan fingerprint density at radius 3 is 1.85 bits per heavy atom. The van der Waals surface area contributed by atoms with Gasteiger partial charge in [0, 0.05) is 17.9 Å². The van der Waals surface area contributed by atoms with Gasteiger partial charge in [0.15, 0.2) is 0 Å². The van der Waals surface area contributed by atoms with E-state index in [-0.39, 0.29) is 11.4 Å². The fourth-order valence-electron chi connectivity index (χ4n) is 8.17. The monoisotopic (exact) mass is 269 g/mol. The first-order chi connectivity index (χ1) is 9.68. The maximum atomic E-state index is 12.5. The summed E-state index contributed by atoms with van der Waals surface area (Å²) in [5.41, 5.74) is 0.506. The second-order valence-electron chi connectivity index (χ2n) is 7.87. The standard InChI is InChI=1S/C15H15N3O2/c1-16-12(19)17-10-6-7-9-8(6)14(10)4-2-3-5-15(9,14)11(7)18(17)13(16)20/h2-3,6-11H,4-5H2,1H3. The van der Waals surface area contributed by atoms with E-state index in [0.29, 0.717) is 34.7 Å². The highest BCUT2D eigenvalue weighted by Crippen LogP contribution is 3.03. The Labute approximate surface area is 114 Å². The average molecular weight is 269 g/mol. The summed E-state index contributed by atoms with van der Waals surface area (Å²) in [6.45, 7) is 0. The molecule has 0 N–H and O–H groups in total. The van der Waals surface area contributed by atoms with Gasteiger partial charge < -0.3 is 0 Å². The lowest BCUT2D eigenvalue weighted by Gasteiger charge is -3.01. The summed E-state index contributed by atoms with van der Waals surface area (Å²) in [6, 6.07) is 0.637. The minimum Gasteiger partial charge on any atom is -0.246 e. The van der Waals surface area contributed by atoms with Crippen LogP contribution in [0.15, 0.2) is 21.7 Å². The van der Waals surface area contributed by atoms with Gasteiger partial charge in [-0.05, 0) is 36.5 Å². The number of nitrogens with zero attached hydrogens (tertiary/aromatic N) is 3. The first-order valence-corrected chi connectivity index (χ1v) is 7.73. The molecule has 4 fully saturated rings. The van der Waals surface area contributed by atoms with Crippen molar-refractivity contribution in [1.82, 2.24) is 13.9 Å². The normalized spacial score (nSPS) is 60.5. The molecule has 8 unspecified atom stereocenters. The van der Waals surface area contributed by atoms with Gasteiger partial charge in [0.2, 0.25) is 0 Å². The molecule has 2 aliphatic heterocycles. The molecule has 8 rings (SSSR count). The summed E-state index contributed by atoms with van der Waals surface area (Å²) in [5.74, 6) is 3.15. The third-order valence-electron chi connectivity index (χ3n) is 8.30. The Kier molecular flexibility index (Phi) is 0.992. The molecule has 4 saturated carbocycles. The molecule has 3 heterocycles. The molecule has 8 atom stereocenters. The van der Waals surface area contributed by atoms with E-state index in [9.17, 15) is 9.59 Å². The molecule has 0 aromatic carbocycles. The third-order valence-corrected chi connectivity index (χ3v) is 8.30. The predicted molar refractivity (Wildman–Crippen MR) is 69.2 cm³/mol. The van der Waals surface area contributed by atoms with Gasteiger partial charge in [-0.2, -0.15) is 0 Å². The quantitative estimate of drug-likeness (QED) is 0.635. The molecular formula is C15H15N3O2. The van der Waals surface area contributed by atoms with E-state index in [1.807, 2.05) is 9.36 Å². The first-order valence-electron chi connectivity index (χ1n) is 7.73. The van der Waals surface area contributed by atoms with E-state index < -0.39 is 0 Å². The predicted octanol–water partition coefficient (Wildman–Crippen LogP) is 0.286. The van der Waals surface area contributed by atoms with Crippen LogP contribution in [0.25, 0.3) is 0 Å². The zero-order valence-electron chi connectivity index (χ0n) is 11.2. The lowest BCUT2D eigenvalue weighted by Crippen LogP contribution is -3.00. The van der Waals surface area contributed by atoms with Crippen LogP contribution in [0.5, 0.6) is 0 Å². The first kappa shape index (κ1) is 9.42. The van der Waals surface area contributed by atoms with Crippen LogP contribution in [0.3, 0.4) is 0 Å². The van der Waals surface area contributed by atoms with Gasteiger partial charge in [-0.3, -0.25) is 0 Å². The molecule has 0 amide bonds. The topological polar surface area (TPSA) is 48.9 Å². The molecule has 2 bridgehead atoms. The smallest absolute Gasteiger partial charge is 0.246 e. The molecule has 5 aliphatic carbocycles. The molecule has 5 heteroatoms. The van der Waals surface area contributed by atoms with Crippen molar-refractivity contribution in [1.29, 1.82) is 0 Å². The van der Waals surface area contributed by atoms with E-state index in [0.717, 1.165) is 24.7 Å². The summed E-state index contributed by atoms with van der Waals surface area (Å²) in [7, 11) is 1.63. The van der Waals surface area contributed by atoms with Crippen molar-refractivity contribution in [2.45, 2.75) is 24.9 Å². The van der Waals surface area contributed by atoms with Crippen molar-refractivity contribution in [2.75, 3.05) is 0 Å². The number of hydrogen-bond acceptors (Lipinski definition) is 2. The van der Waals surface area contributed by atoms with E-state index >= 15 is 0 Å². The zero-order valence-corrected chi connectivity index (χ0v) is 11.2. The van der Waals surface area contributed by atoms with Gasteiger partial charge in [0.05, 0.1) is 12.1 Å². The van der Waals surface area contributed by atoms with Crippen LogP contribution in [-0.4, -0.2) is 13.9 Å². The highest BCUT2D eigenvalue weighted by molar-refractivity contribution is 5.50. The second-order valence-corrected chi connectivity index (χ2v) is 7.87. The molecule has 0 radical (unpaired) electrons. The van der Waals surface area contributed by atoms with Gasteiger partial charge in [-0.1, -0.05) is 12.2 Å². The highest BCUT2D eigenvalue weighted by Gasteiger charge is 3.02. The number of aromatic nitrogens is 3. The zero-order chi connectivity index (χ0) is 13.2. The van der Waals surface area contributed by atoms with E-state index in [4.69, 9.17) is 0 Å². The van der Waals surface area contributed by atoms with Crippen LogP contribution >= 0.6 is 0 Å². The molecular weight excluding hydrogens is 254 g/mol. The van der Waals surface area contributed by atoms with Crippen LogP contribution in [0.2, 0.25) is 0 Å².